The maximum atomic E-state index is 4.10. The molecule has 0 spiro atoms. The van der Waals surface area contributed by atoms with Crippen molar-refractivity contribution >= 4 is 15.9 Å². The molecule has 1 unspecified atom stereocenters. The number of alkyl halides is 1. The summed E-state index contributed by atoms with van der Waals surface area (Å²) in [5.74, 6) is 0.847. The summed E-state index contributed by atoms with van der Waals surface area (Å²) in [6.07, 6.45) is 6.15. The molecule has 2 rings (SSSR count). The molecule has 1 heterocycles. The quantitative estimate of drug-likeness (QED) is 0.765. The Kier molecular flexibility index (Phi) is 2.67. The molecule has 0 saturated heterocycles. The van der Waals surface area contributed by atoms with Crippen molar-refractivity contribution in [3.8, 4) is 0 Å². The fraction of sp³-hybridized carbons (Fsp3) is 0.778. The van der Waals surface area contributed by atoms with Crippen molar-refractivity contribution in [1.29, 1.82) is 0 Å². The van der Waals surface area contributed by atoms with Gasteiger partial charge in [0.1, 0.15) is 0 Å². The van der Waals surface area contributed by atoms with Crippen molar-refractivity contribution in [2.24, 2.45) is 5.92 Å². The summed E-state index contributed by atoms with van der Waals surface area (Å²) in [5, 5.41) is 8.19. The lowest BCUT2D eigenvalue weighted by Gasteiger charge is -2.24. The van der Waals surface area contributed by atoms with Gasteiger partial charge < -0.3 is 0 Å². The highest BCUT2D eigenvalue weighted by Crippen LogP contribution is 2.28. The second-order valence-corrected chi connectivity index (χ2v) is 5.15. The van der Waals surface area contributed by atoms with Gasteiger partial charge in [-0.3, -0.25) is 4.68 Å². The minimum absolute atomic E-state index is 0.308. The zero-order valence-electron chi connectivity index (χ0n) is 7.78. The summed E-state index contributed by atoms with van der Waals surface area (Å²) in [4.78, 5) is 0.308. The van der Waals surface area contributed by atoms with Gasteiger partial charge >= 0.3 is 0 Å². The van der Waals surface area contributed by atoms with E-state index in [0.29, 0.717) is 4.83 Å². The maximum absolute atomic E-state index is 4.10. The normalized spacial score (nSPS) is 19.8. The molecule has 0 bridgehead atoms. The Morgan fingerprint density at radius 2 is 2.46 bits per heavy atom. The van der Waals surface area contributed by atoms with E-state index in [0.717, 1.165) is 18.2 Å². The van der Waals surface area contributed by atoms with Crippen LogP contribution in [0.15, 0.2) is 6.20 Å². The van der Waals surface area contributed by atoms with Crippen LogP contribution in [0.5, 0.6) is 0 Å². The lowest BCUT2D eigenvalue weighted by atomic mass is 9.85. The predicted molar refractivity (Wildman–Crippen MR) is 54.7 cm³/mol. The minimum Gasteiger partial charge on any atom is -0.252 e. The largest absolute Gasteiger partial charge is 0.252 e. The molecule has 1 saturated carbocycles. The molecule has 13 heavy (non-hydrogen) atoms. The van der Waals surface area contributed by atoms with E-state index in [1.807, 2.05) is 10.9 Å². The van der Waals surface area contributed by atoms with Crippen molar-refractivity contribution in [2.75, 3.05) is 0 Å². The zero-order chi connectivity index (χ0) is 9.26. The number of aromatic nitrogens is 3. The summed E-state index contributed by atoms with van der Waals surface area (Å²) in [5.41, 5.74) is 1.03. The highest BCUT2D eigenvalue weighted by molar-refractivity contribution is 9.09. The van der Waals surface area contributed by atoms with E-state index in [9.17, 15) is 0 Å². The van der Waals surface area contributed by atoms with Crippen molar-refractivity contribution in [1.82, 2.24) is 15.0 Å². The molecular weight excluding hydrogens is 230 g/mol. The summed E-state index contributed by atoms with van der Waals surface area (Å²) in [7, 11) is 0. The molecular formula is C9H14BrN3. The van der Waals surface area contributed by atoms with Crippen molar-refractivity contribution < 1.29 is 0 Å². The molecule has 4 heteroatoms. The molecule has 0 amide bonds. The van der Waals surface area contributed by atoms with E-state index >= 15 is 0 Å². The summed E-state index contributed by atoms with van der Waals surface area (Å²) >= 11 is 3.48. The molecule has 1 aliphatic carbocycles. The predicted octanol–water partition coefficient (Wildman–Crippen LogP) is 2.53. The SMILES string of the molecule is CC(Br)c1cn(CC2CCC2)nn1. The Labute approximate surface area is 86.6 Å². The van der Waals surface area contributed by atoms with E-state index in [2.05, 4.69) is 33.2 Å². The molecule has 1 atom stereocenters. The first kappa shape index (κ1) is 9.19. The fourth-order valence-electron chi connectivity index (χ4n) is 1.52. The third-order valence-electron chi connectivity index (χ3n) is 2.63. The monoisotopic (exact) mass is 243 g/mol. The van der Waals surface area contributed by atoms with Crippen molar-refractivity contribution in [3.05, 3.63) is 11.9 Å². The van der Waals surface area contributed by atoms with E-state index in [4.69, 9.17) is 0 Å². The van der Waals surface area contributed by atoms with E-state index in [1.165, 1.54) is 19.3 Å². The van der Waals surface area contributed by atoms with Crippen molar-refractivity contribution in [3.63, 3.8) is 0 Å². The third-order valence-corrected chi connectivity index (χ3v) is 3.10. The lowest BCUT2D eigenvalue weighted by molar-refractivity contribution is 0.264. The number of hydrogen-bond donors (Lipinski definition) is 0. The first-order valence-electron chi connectivity index (χ1n) is 4.80. The van der Waals surface area contributed by atoms with Gasteiger partial charge in [-0.15, -0.1) is 5.10 Å². The molecule has 3 nitrogen and oxygen atoms in total. The molecule has 0 aromatic carbocycles. The number of hydrogen-bond acceptors (Lipinski definition) is 2. The van der Waals surface area contributed by atoms with Crippen molar-refractivity contribution in [2.45, 2.75) is 37.6 Å². The van der Waals surface area contributed by atoms with Gasteiger partial charge in [0.2, 0.25) is 0 Å². The van der Waals surface area contributed by atoms with Crippen LogP contribution in [-0.4, -0.2) is 15.0 Å². The highest BCUT2D eigenvalue weighted by Gasteiger charge is 2.18. The number of rotatable bonds is 3. The fourth-order valence-corrected chi connectivity index (χ4v) is 1.73. The summed E-state index contributed by atoms with van der Waals surface area (Å²) in [6.45, 7) is 3.12. The Hall–Kier alpha value is -0.380. The number of nitrogens with zero attached hydrogens (tertiary/aromatic N) is 3. The van der Waals surface area contributed by atoms with Gasteiger partial charge in [-0.1, -0.05) is 27.6 Å². The average molecular weight is 244 g/mol. The Bertz CT molecular complexity index is 278. The summed E-state index contributed by atoms with van der Waals surface area (Å²) < 4.78 is 1.97. The zero-order valence-corrected chi connectivity index (χ0v) is 9.37. The molecule has 0 N–H and O–H groups in total. The van der Waals surface area contributed by atoms with Gasteiger partial charge in [-0.25, -0.2) is 0 Å². The van der Waals surface area contributed by atoms with Crippen LogP contribution < -0.4 is 0 Å². The Morgan fingerprint density at radius 3 is 2.92 bits per heavy atom. The van der Waals surface area contributed by atoms with Gasteiger partial charge in [-0.05, 0) is 25.7 Å². The Balaban J connectivity index is 1.96. The molecule has 0 radical (unpaired) electrons. The number of halogens is 1. The van der Waals surface area contributed by atoms with Gasteiger partial charge in [0.25, 0.3) is 0 Å². The van der Waals surface area contributed by atoms with Crippen LogP contribution in [0.1, 0.15) is 36.7 Å². The van der Waals surface area contributed by atoms with Crippen LogP contribution in [-0.2, 0) is 6.54 Å². The van der Waals surface area contributed by atoms with Crippen LogP contribution >= 0.6 is 15.9 Å². The van der Waals surface area contributed by atoms with Crippen LogP contribution in [0, 0.1) is 5.92 Å². The molecule has 1 fully saturated rings. The topological polar surface area (TPSA) is 30.7 Å². The molecule has 0 aliphatic heterocycles. The Morgan fingerprint density at radius 1 is 1.69 bits per heavy atom. The first-order chi connectivity index (χ1) is 6.25. The average Bonchev–Trinajstić information content (AvgIpc) is 2.44. The van der Waals surface area contributed by atoms with E-state index in [-0.39, 0.29) is 0 Å². The van der Waals surface area contributed by atoms with E-state index in [1.54, 1.807) is 0 Å². The molecule has 1 aromatic rings. The smallest absolute Gasteiger partial charge is 0.0960 e. The van der Waals surface area contributed by atoms with Gasteiger partial charge in [0, 0.05) is 12.7 Å². The van der Waals surface area contributed by atoms with E-state index < -0.39 is 0 Å². The van der Waals surface area contributed by atoms with Crippen LogP contribution in [0.25, 0.3) is 0 Å². The van der Waals surface area contributed by atoms with Crippen LogP contribution in [0.4, 0.5) is 0 Å². The third kappa shape index (κ3) is 2.10. The molecule has 1 aromatic heterocycles. The van der Waals surface area contributed by atoms with Gasteiger partial charge in [0.05, 0.1) is 10.5 Å². The van der Waals surface area contributed by atoms with Gasteiger partial charge in [-0.2, -0.15) is 0 Å². The minimum atomic E-state index is 0.308. The second-order valence-electron chi connectivity index (χ2n) is 3.78. The van der Waals surface area contributed by atoms with Crippen LogP contribution in [0.2, 0.25) is 0 Å². The van der Waals surface area contributed by atoms with Gasteiger partial charge in [0.15, 0.2) is 0 Å². The molecule has 72 valence electrons. The first-order valence-corrected chi connectivity index (χ1v) is 5.71. The summed E-state index contributed by atoms with van der Waals surface area (Å²) in [6, 6.07) is 0. The highest BCUT2D eigenvalue weighted by atomic mass is 79.9. The maximum Gasteiger partial charge on any atom is 0.0960 e. The standard InChI is InChI=1S/C9H14BrN3/c1-7(10)9-6-13(12-11-9)5-8-3-2-4-8/h6-8H,2-5H2,1H3. The second kappa shape index (κ2) is 3.78. The van der Waals surface area contributed by atoms with Crippen LogP contribution in [0.3, 0.4) is 0 Å². The lowest BCUT2D eigenvalue weighted by Crippen LogP contribution is -2.18. The molecule has 1 aliphatic rings.